The molecule has 1 saturated carbocycles. The van der Waals surface area contributed by atoms with Gasteiger partial charge in [0.2, 0.25) is 0 Å². The van der Waals surface area contributed by atoms with Crippen molar-refractivity contribution in [3.63, 3.8) is 0 Å². The summed E-state index contributed by atoms with van der Waals surface area (Å²) in [5, 5.41) is 11.8. The van der Waals surface area contributed by atoms with Gasteiger partial charge in [-0.05, 0) is 37.8 Å². The summed E-state index contributed by atoms with van der Waals surface area (Å²) in [6.07, 6.45) is 2.19. The average molecular weight is 278 g/mol. The molecule has 1 heterocycles. The van der Waals surface area contributed by atoms with E-state index in [0.29, 0.717) is 18.2 Å². The molecule has 6 nitrogen and oxygen atoms in total. The third-order valence-corrected chi connectivity index (χ3v) is 3.40. The van der Waals surface area contributed by atoms with E-state index in [0.717, 1.165) is 12.8 Å². The number of aromatic nitrogens is 1. The maximum atomic E-state index is 12.1. The van der Waals surface area contributed by atoms with Crippen molar-refractivity contribution in [2.24, 2.45) is 5.92 Å². The van der Waals surface area contributed by atoms with E-state index in [1.54, 1.807) is 14.0 Å². The lowest BCUT2D eigenvalue weighted by atomic mass is 10.1. The van der Waals surface area contributed by atoms with Crippen LogP contribution in [-0.4, -0.2) is 41.7 Å². The summed E-state index contributed by atoms with van der Waals surface area (Å²) in [4.78, 5) is 27.1. The number of hydrogen-bond donors (Lipinski definition) is 2. The Balaban J connectivity index is 2.08. The van der Waals surface area contributed by atoms with Crippen LogP contribution in [0.1, 0.15) is 39.4 Å². The number of nitrogens with zero attached hydrogens (tertiary/aromatic N) is 1. The molecule has 1 aromatic heterocycles. The summed E-state index contributed by atoms with van der Waals surface area (Å²) in [5.74, 6) is -0.866. The molecular formula is C14H18N2O4. The van der Waals surface area contributed by atoms with Crippen molar-refractivity contribution >= 4 is 11.9 Å². The molecule has 0 aliphatic heterocycles. The minimum atomic E-state index is -1.04. The van der Waals surface area contributed by atoms with Gasteiger partial charge in [0, 0.05) is 7.11 Å². The molecular weight excluding hydrogens is 260 g/mol. The third-order valence-electron chi connectivity index (χ3n) is 3.40. The maximum absolute atomic E-state index is 12.1. The van der Waals surface area contributed by atoms with Gasteiger partial charge in [0.05, 0.1) is 23.9 Å². The summed E-state index contributed by atoms with van der Waals surface area (Å²) >= 11 is 0. The average Bonchev–Trinajstić information content (AvgIpc) is 3.21. The molecule has 6 heteroatoms. The molecule has 1 unspecified atom stereocenters. The van der Waals surface area contributed by atoms with Gasteiger partial charge in [-0.1, -0.05) is 0 Å². The molecule has 1 aliphatic rings. The van der Waals surface area contributed by atoms with Crippen LogP contribution in [0.15, 0.2) is 12.1 Å². The van der Waals surface area contributed by atoms with Crippen LogP contribution in [0.3, 0.4) is 0 Å². The van der Waals surface area contributed by atoms with Crippen LogP contribution in [0.5, 0.6) is 0 Å². The van der Waals surface area contributed by atoms with Crippen molar-refractivity contribution in [1.29, 1.82) is 0 Å². The second kappa shape index (κ2) is 6.00. The number of aryl methyl sites for hydroxylation is 1. The lowest BCUT2D eigenvalue weighted by Crippen LogP contribution is -2.40. The first-order chi connectivity index (χ1) is 9.52. The fourth-order valence-corrected chi connectivity index (χ4v) is 2.13. The molecule has 1 atom stereocenters. The minimum Gasteiger partial charge on any atom is -0.478 e. The molecule has 2 N–H and O–H groups in total. The fourth-order valence-electron chi connectivity index (χ4n) is 2.13. The zero-order chi connectivity index (χ0) is 14.7. The lowest BCUT2D eigenvalue weighted by Gasteiger charge is -2.17. The third kappa shape index (κ3) is 3.33. The highest BCUT2D eigenvalue weighted by molar-refractivity contribution is 5.94. The van der Waals surface area contributed by atoms with Gasteiger partial charge in [-0.25, -0.2) is 9.78 Å². The molecule has 0 aromatic carbocycles. The van der Waals surface area contributed by atoms with E-state index in [4.69, 9.17) is 9.84 Å². The van der Waals surface area contributed by atoms with Crippen molar-refractivity contribution in [3.8, 4) is 0 Å². The van der Waals surface area contributed by atoms with Gasteiger partial charge >= 0.3 is 5.97 Å². The Morgan fingerprint density at radius 3 is 2.70 bits per heavy atom. The summed E-state index contributed by atoms with van der Waals surface area (Å²) < 4.78 is 5.10. The topological polar surface area (TPSA) is 88.5 Å². The number of methoxy groups -OCH3 is 1. The number of aromatic carboxylic acids is 1. The normalized spacial score (nSPS) is 15.7. The van der Waals surface area contributed by atoms with E-state index in [2.05, 4.69) is 10.3 Å². The van der Waals surface area contributed by atoms with E-state index in [-0.39, 0.29) is 23.2 Å². The number of carboxylic acids is 1. The number of pyridine rings is 1. The first-order valence-electron chi connectivity index (χ1n) is 6.53. The molecule has 0 bridgehead atoms. The molecule has 1 amide bonds. The molecule has 1 aromatic rings. The number of rotatable bonds is 6. The number of amides is 1. The van der Waals surface area contributed by atoms with Gasteiger partial charge in [-0.15, -0.1) is 0 Å². The zero-order valence-electron chi connectivity index (χ0n) is 11.5. The Hall–Kier alpha value is -1.95. The van der Waals surface area contributed by atoms with E-state index >= 15 is 0 Å². The van der Waals surface area contributed by atoms with Gasteiger partial charge in [0.15, 0.2) is 0 Å². The van der Waals surface area contributed by atoms with E-state index in [1.807, 2.05) is 0 Å². The van der Waals surface area contributed by atoms with Crippen LogP contribution in [0.4, 0.5) is 0 Å². The highest BCUT2D eigenvalue weighted by Gasteiger charge is 2.32. The fraction of sp³-hybridized carbons (Fsp3) is 0.500. The molecule has 2 rings (SSSR count). The number of ether oxygens (including phenoxy) is 1. The predicted octanol–water partition coefficient (Wildman–Crippen LogP) is 1.24. The van der Waals surface area contributed by atoms with Crippen molar-refractivity contribution in [2.75, 3.05) is 13.7 Å². The first-order valence-corrected chi connectivity index (χ1v) is 6.53. The van der Waals surface area contributed by atoms with Crippen molar-refractivity contribution in [2.45, 2.75) is 25.8 Å². The largest absolute Gasteiger partial charge is 0.478 e. The van der Waals surface area contributed by atoms with E-state index in [9.17, 15) is 9.59 Å². The molecule has 0 spiro atoms. The number of carbonyl (C=O) groups excluding carboxylic acids is 1. The van der Waals surface area contributed by atoms with E-state index in [1.165, 1.54) is 12.1 Å². The Morgan fingerprint density at radius 2 is 2.20 bits per heavy atom. The Morgan fingerprint density at radius 1 is 1.50 bits per heavy atom. The SMILES string of the molecule is COCC(NC(=O)c1ccc(C(=O)O)c(C)n1)C1CC1. The smallest absolute Gasteiger partial charge is 0.337 e. The first kappa shape index (κ1) is 14.5. The van der Waals surface area contributed by atoms with Crippen LogP contribution >= 0.6 is 0 Å². The monoisotopic (exact) mass is 278 g/mol. The van der Waals surface area contributed by atoms with Crippen molar-refractivity contribution < 1.29 is 19.4 Å². The van der Waals surface area contributed by atoms with Crippen LogP contribution in [-0.2, 0) is 4.74 Å². The second-order valence-electron chi connectivity index (χ2n) is 5.01. The highest BCUT2D eigenvalue weighted by atomic mass is 16.5. The number of carbonyl (C=O) groups is 2. The number of carboxylic acid groups (broad SMARTS) is 1. The molecule has 20 heavy (non-hydrogen) atoms. The summed E-state index contributed by atoms with van der Waals surface area (Å²) in [6.45, 7) is 2.05. The summed E-state index contributed by atoms with van der Waals surface area (Å²) in [7, 11) is 1.60. The molecule has 1 fully saturated rings. The van der Waals surface area contributed by atoms with Crippen molar-refractivity contribution in [3.05, 3.63) is 29.1 Å². The summed E-state index contributed by atoms with van der Waals surface area (Å²) in [5.41, 5.74) is 0.673. The Bertz CT molecular complexity index is 526. The predicted molar refractivity (Wildman–Crippen MR) is 71.8 cm³/mol. The highest BCUT2D eigenvalue weighted by Crippen LogP contribution is 2.32. The molecule has 1 aliphatic carbocycles. The quantitative estimate of drug-likeness (QED) is 0.817. The number of hydrogen-bond acceptors (Lipinski definition) is 4. The van der Waals surface area contributed by atoms with E-state index < -0.39 is 5.97 Å². The second-order valence-corrected chi connectivity index (χ2v) is 5.01. The maximum Gasteiger partial charge on any atom is 0.337 e. The van der Waals surface area contributed by atoms with Gasteiger partial charge in [-0.3, -0.25) is 4.79 Å². The molecule has 108 valence electrons. The van der Waals surface area contributed by atoms with Gasteiger partial charge in [0.25, 0.3) is 5.91 Å². The van der Waals surface area contributed by atoms with Crippen LogP contribution in [0, 0.1) is 12.8 Å². The van der Waals surface area contributed by atoms with Gasteiger partial charge in [-0.2, -0.15) is 0 Å². The van der Waals surface area contributed by atoms with Crippen LogP contribution < -0.4 is 5.32 Å². The lowest BCUT2D eigenvalue weighted by molar-refractivity contribution is 0.0694. The standard InChI is InChI=1S/C14H18N2O4/c1-8-10(14(18)19)5-6-11(15-8)13(17)16-12(7-20-2)9-3-4-9/h5-6,9,12H,3-4,7H2,1-2H3,(H,16,17)(H,18,19). The molecule has 0 radical (unpaired) electrons. The van der Waals surface area contributed by atoms with Crippen LogP contribution in [0.2, 0.25) is 0 Å². The molecule has 0 saturated heterocycles. The number of nitrogens with one attached hydrogen (secondary N) is 1. The zero-order valence-corrected chi connectivity index (χ0v) is 11.5. The Labute approximate surface area is 117 Å². The minimum absolute atomic E-state index is 0.00578. The van der Waals surface area contributed by atoms with Crippen LogP contribution in [0.25, 0.3) is 0 Å². The Kier molecular flexibility index (Phi) is 4.34. The van der Waals surface area contributed by atoms with Crippen molar-refractivity contribution in [1.82, 2.24) is 10.3 Å². The summed E-state index contributed by atoms with van der Waals surface area (Å²) in [6, 6.07) is 2.83. The van der Waals surface area contributed by atoms with Gasteiger partial charge in [0.1, 0.15) is 5.69 Å². The van der Waals surface area contributed by atoms with Gasteiger partial charge < -0.3 is 15.2 Å².